The Bertz CT molecular complexity index is 1030. The predicted octanol–water partition coefficient (Wildman–Crippen LogP) is 2.10. The van der Waals surface area contributed by atoms with Gasteiger partial charge < -0.3 is 10.5 Å². The van der Waals surface area contributed by atoms with E-state index in [2.05, 4.69) is 47.6 Å². The van der Waals surface area contributed by atoms with Gasteiger partial charge in [-0.2, -0.15) is 0 Å². The van der Waals surface area contributed by atoms with Gasteiger partial charge in [0.05, 0.1) is 5.56 Å². The summed E-state index contributed by atoms with van der Waals surface area (Å²) in [4.78, 5) is 32.1. The lowest BCUT2D eigenvalue weighted by Crippen LogP contribution is -2.35. The number of hydrogen-bond donors (Lipinski definition) is 5. The molecule has 0 fully saturated rings. The number of halogens is 1. The lowest BCUT2D eigenvalue weighted by atomic mass is 10.2. The van der Waals surface area contributed by atoms with Crippen LogP contribution in [0, 0.1) is 0 Å². The number of carbonyl (C=O) groups is 2. The second kappa shape index (κ2) is 10.1. The summed E-state index contributed by atoms with van der Waals surface area (Å²) in [5.74, 6) is 0.0508. The third-order valence-corrected chi connectivity index (χ3v) is 4.42. The molecule has 0 aliphatic rings. The monoisotopic (exact) mass is 471 g/mol. The van der Waals surface area contributed by atoms with Crippen molar-refractivity contribution in [3.05, 3.63) is 71.0 Å². The molecule has 1 heterocycles. The number of nitrogens with zero attached hydrogens (tertiary/aromatic N) is 2. The number of carbonyl (C=O) groups excluding carboxylic acids is 2. The highest BCUT2D eigenvalue weighted by Crippen LogP contribution is 2.21. The van der Waals surface area contributed by atoms with Crippen LogP contribution in [0.1, 0.15) is 10.4 Å². The first kappa shape index (κ1) is 20.9. The zero-order valence-corrected chi connectivity index (χ0v) is 17.1. The number of para-hydroxylation sites is 1. The smallest absolute Gasteiger partial charge is 0.276 e. The van der Waals surface area contributed by atoms with E-state index in [4.69, 9.17) is 10.5 Å². The maximum absolute atomic E-state index is 12.3. The van der Waals surface area contributed by atoms with Crippen molar-refractivity contribution in [1.29, 1.82) is 0 Å². The number of nitrogens with one attached hydrogen (secondary N) is 4. The van der Waals surface area contributed by atoms with Crippen molar-refractivity contribution in [2.24, 2.45) is 0 Å². The molecule has 0 bridgehead atoms. The summed E-state index contributed by atoms with van der Waals surface area (Å²) in [5.41, 5.74) is 16.7. The van der Waals surface area contributed by atoms with E-state index < -0.39 is 5.91 Å². The van der Waals surface area contributed by atoms with Gasteiger partial charge in [-0.1, -0.05) is 30.3 Å². The van der Waals surface area contributed by atoms with Crippen LogP contribution in [0.2, 0.25) is 0 Å². The molecule has 3 rings (SSSR count). The van der Waals surface area contributed by atoms with E-state index in [0.717, 1.165) is 0 Å². The van der Waals surface area contributed by atoms with Crippen molar-refractivity contribution < 1.29 is 14.3 Å². The Morgan fingerprint density at radius 2 is 1.57 bits per heavy atom. The number of rotatable bonds is 8. The van der Waals surface area contributed by atoms with Gasteiger partial charge in [-0.15, -0.1) is 0 Å². The highest BCUT2D eigenvalue weighted by atomic mass is 79.9. The van der Waals surface area contributed by atoms with E-state index in [1.807, 2.05) is 6.07 Å². The standard InChI is InChI=1S/C19H18BrN7O3/c20-14-9-5-4-8-13(14)19(29)27-26-18-16(21)17(22-11-23-18)25-24-15(28)10-30-12-6-2-1-3-7-12/h1-9,11H,10,21H2,(H,24,28)(H,27,29)(H2,22,23,25,26). The molecule has 30 heavy (non-hydrogen) atoms. The molecule has 2 aromatic carbocycles. The van der Waals surface area contributed by atoms with Crippen molar-refractivity contribution >= 4 is 45.1 Å². The second-order valence-electron chi connectivity index (χ2n) is 5.82. The number of amides is 2. The Morgan fingerprint density at radius 3 is 2.27 bits per heavy atom. The van der Waals surface area contributed by atoms with Crippen molar-refractivity contribution in [1.82, 2.24) is 20.8 Å². The summed E-state index contributed by atoms with van der Waals surface area (Å²) in [5, 5.41) is 0. The van der Waals surface area contributed by atoms with Crippen molar-refractivity contribution in [2.45, 2.75) is 0 Å². The maximum Gasteiger partial charge on any atom is 0.276 e. The number of ether oxygens (including phenoxy) is 1. The molecule has 11 heteroatoms. The number of nitrogens with two attached hydrogens (primary N) is 1. The van der Waals surface area contributed by atoms with Gasteiger partial charge in [0.25, 0.3) is 11.8 Å². The Morgan fingerprint density at radius 1 is 0.933 bits per heavy atom. The average molecular weight is 472 g/mol. The fraction of sp³-hybridized carbons (Fsp3) is 0.0526. The van der Waals surface area contributed by atoms with Gasteiger partial charge in [0.1, 0.15) is 17.8 Å². The van der Waals surface area contributed by atoms with Gasteiger partial charge in [-0.05, 0) is 40.2 Å². The largest absolute Gasteiger partial charge is 0.484 e. The first-order valence-electron chi connectivity index (χ1n) is 8.68. The normalized spacial score (nSPS) is 10.0. The summed E-state index contributed by atoms with van der Waals surface area (Å²) in [6.45, 7) is -0.199. The number of hydrogen-bond acceptors (Lipinski definition) is 8. The number of hydrazine groups is 2. The summed E-state index contributed by atoms with van der Waals surface area (Å²) in [7, 11) is 0. The molecule has 0 aliphatic heterocycles. The summed E-state index contributed by atoms with van der Waals surface area (Å²) in [6, 6.07) is 15.9. The minimum atomic E-state index is -0.436. The van der Waals surface area contributed by atoms with Crippen LogP contribution in [0.3, 0.4) is 0 Å². The molecule has 0 radical (unpaired) electrons. The lowest BCUT2D eigenvalue weighted by molar-refractivity contribution is -0.122. The highest BCUT2D eigenvalue weighted by Gasteiger charge is 2.12. The molecule has 0 unspecified atom stereocenters. The molecule has 0 spiro atoms. The van der Waals surface area contributed by atoms with Crippen LogP contribution in [0.25, 0.3) is 0 Å². The molecule has 154 valence electrons. The summed E-state index contributed by atoms with van der Waals surface area (Å²) < 4.78 is 5.99. The Hall–Kier alpha value is -3.86. The van der Waals surface area contributed by atoms with E-state index in [0.29, 0.717) is 15.8 Å². The van der Waals surface area contributed by atoms with Gasteiger partial charge in [0.2, 0.25) is 0 Å². The van der Waals surface area contributed by atoms with E-state index >= 15 is 0 Å². The number of nitrogen functional groups attached to an aromatic ring is 1. The van der Waals surface area contributed by atoms with E-state index in [9.17, 15) is 9.59 Å². The van der Waals surface area contributed by atoms with Crippen LogP contribution in [0.4, 0.5) is 17.3 Å². The maximum atomic E-state index is 12.3. The molecule has 0 aliphatic carbocycles. The zero-order valence-electron chi connectivity index (χ0n) is 15.6. The fourth-order valence-corrected chi connectivity index (χ4v) is 2.72. The first-order chi connectivity index (χ1) is 14.5. The molecular weight excluding hydrogens is 454 g/mol. The van der Waals surface area contributed by atoms with Crippen LogP contribution >= 0.6 is 15.9 Å². The fourth-order valence-electron chi connectivity index (χ4n) is 2.25. The predicted molar refractivity (Wildman–Crippen MR) is 115 cm³/mol. The molecular formula is C19H18BrN7O3. The molecule has 0 saturated carbocycles. The van der Waals surface area contributed by atoms with Gasteiger partial charge in [0.15, 0.2) is 18.2 Å². The van der Waals surface area contributed by atoms with Gasteiger partial charge >= 0.3 is 0 Å². The van der Waals surface area contributed by atoms with Crippen LogP contribution < -0.4 is 32.2 Å². The van der Waals surface area contributed by atoms with E-state index in [1.54, 1.807) is 48.5 Å². The highest BCUT2D eigenvalue weighted by molar-refractivity contribution is 9.10. The molecule has 10 nitrogen and oxygen atoms in total. The molecule has 2 amide bonds. The minimum Gasteiger partial charge on any atom is -0.484 e. The average Bonchev–Trinajstić information content (AvgIpc) is 2.77. The Kier molecular flexibility index (Phi) is 7.00. The van der Waals surface area contributed by atoms with Crippen LogP contribution in [0.5, 0.6) is 5.75 Å². The Labute approximate surface area is 180 Å². The summed E-state index contributed by atoms with van der Waals surface area (Å²) >= 11 is 3.31. The van der Waals surface area contributed by atoms with Crippen LogP contribution in [-0.2, 0) is 4.79 Å². The lowest BCUT2D eigenvalue weighted by Gasteiger charge is -2.14. The number of aromatic nitrogens is 2. The Balaban J connectivity index is 1.53. The zero-order chi connectivity index (χ0) is 21.3. The van der Waals surface area contributed by atoms with Crippen LogP contribution in [-0.4, -0.2) is 28.4 Å². The molecule has 3 aromatic rings. The van der Waals surface area contributed by atoms with Gasteiger partial charge in [0, 0.05) is 4.47 Å². The summed E-state index contributed by atoms with van der Waals surface area (Å²) in [6.07, 6.45) is 1.22. The van der Waals surface area contributed by atoms with Crippen molar-refractivity contribution in [3.8, 4) is 5.75 Å². The number of anilines is 3. The van der Waals surface area contributed by atoms with E-state index in [-0.39, 0.29) is 29.8 Å². The second-order valence-corrected chi connectivity index (χ2v) is 6.67. The molecule has 6 N–H and O–H groups in total. The number of benzene rings is 2. The van der Waals surface area contributed by atoms with Crippen molar-refractivity contribution in [2.75, 3.05) is 23.2 Å². The van der Waals surface area contributed by atoms with Crippen LogP contribution in [0.15, 0.2) is 65.4 Å². The van der Waals surface area contributed by atoms with Crippen molar-refractivity contribution in [3.63, 3.8) is 0 Å². The third kappa shape index (κ3) is 5.58. The minimum absolute atomic E-state index is 0.0919. The molecule has 0 saturated heterocycles. The van der Waals surface area contributed by atoms with Gasteiger partial charge in [-0.3, -0.25) is 31.3 Å². The first-order valence-corrected chi connectivity index (χ1v) is 9.48. The topological polar surface area (TPSA) is 143 Å². The quantitative estimate of drug-likeness (QED) is 0.314. The van der Waals surface area contributed by atoms with Gasteiger partial charge in [-0.25, -0.2) is 9.97 Å². The van der Waals surface area contributed by atoms with E-state index in [1.165, 1.54) is 6.33 Å². The molecule has 1 aromatic heterocycles. The SMILES string of the molecule is Nc1c(NNC(=O)COc2ccccc2)ncnc1NNC(=O)c1ccccc1Br. The third-order valence-electron chi connectivity index (χ3n) is 3.73. The molecule has 0 atom stereocenters.